The number of carbonyl (C=O) groups is 2. The second-order valence-electron chi connectivity index (χ2n) is 2.56. The van der Waals surface area contributed by atoms with Gasteiger partial charge in [-0.1, -0.05) is 0 Å². The van der Waals surface area contributed by atoms with E-state index in [0.717, 1.165) is 0 Å². The lowest BCUT2D eigenvalue weighted by molar-refractivity contribution is -0.142. The molecule has 0 aliphatic carbocycles. The predicted molar refractivity (Wildman–Crippen MR) is 41.4 cm³/mol. The molecule has 0 fully saturated rings. The zero-order chi connectivity index (χ0) is 9.14. The highest BCUT2D eigenvalue weighted by atomic mass is 16.5. The minimum absolute atomic E-state index is 0.0671. The molecule has 0 aromatic carbocycles. The van der Waals surface area contributed by atoms with Gasteiger partial charge in [-0.15, -0.1) is 0 Å². The fraction of sp³-hybridized carbons (Fsp3) is 0.571. The Kier molecular flexibility index (Phi) is 2.42. The van der Waals surface area contributed by atoms with Crippen LogP contribution in [-0.2, 0) is 14.3 Å². The molecule has 5 heteroatoms. The summed E-state index contributed by atoms with van der Waals surface area (Å²) in [6.45, 7) is 1.70. The molecule has 1 heterocycles. The summed E-state index contributed by atoms with van der Waals surface area (Å²) < 4.78 is 4.43. The zero-order valence-electron chi connectivity index (χ0n) is 6.96. The SMILES string of the molecule is COC(=O)CC1C(=O)NN=C1C. The molecular weight excluding hydrogens is 160 g/mol. The third-order valence-corrected chi connectivity index (χ3v) is 1.76. The average Bonchev–Trinajstić information content (AvgIpc) is 2.35. The fourth-order valence-corrected chi connectivity index (χ4v) is 0.979. The van der Waals surface area contributed by atoms with Crippen molar-refractivity contribution in [3.8, 4) is 0 Å². The maximum atomic E-state index is 11.0. The summed E-state index contributed by atoms with van der Waals surface area (Å²) in [6.07, 6.45) is 0.0671. The molecule has 1 amide bonds. The van der Waals surface area contributed by atoms with Crippen molar-refractivity contribution in [1.82, 2.24) is 5.43 Å². The second kappa shape index (κ2) is 3.34. The molecule has 66 valence electrons. The Morgan fingerprint density at radius 3 is 2.83 bits per heavy atom. The summed E-state index contributed by atoms with van der Waals surface area (Å²) in [5.74, 6) is -1.08. The van der Waals surface area contributed by atoms with Gasteiger partial charge in [0, 0.05) is 5.71 Å². The van der Waals surface area contributed by atoms with Crippen molar-refractivity contribution in [3.05, 3.63) is 0 Å². The maximum Gasteiger partial charge on any atom is 0.306 e. The van der Waals surface area contributed by atoms with E-state index < -0.39 is 11.9 Å². The first-order chi connectivity index (χ1) is 5.65. The number of nitrogens with one attached hydrogen (secondary N) is 1. The van der Waals surface area contributed by atoms with Gasteiger partial charge in [0.05, 0.1) is 19.4 Å². The van der Waals surface area contributed by atoms with E-state index in [1.54, 1.807) is 6.92 Å². The Labute approximate surface area is 69.8 Å². The Morgan fingerprint density at radius 2 is 2.42 bits per heavy atom. The Hall–Kier alpha value is -1.39. The molecule has 0 radical (unpaired) electrons. The molecule has 0 spiro atoms. The van der Waals surface area contributed by atoms with Crippen LogP contribution >= 0.6 is 0 Å². The number of rotatable bonds is 2. The number of carbonyl (C=O) groups excluding carboxylic acids is 2. The molecule has 5 nitrogen and oxygen atoms in total. The van der Waals surface area contributed by atoms with Gasteiger partial charge < -0.3 is 4.74 Å². The van der Waals surface area contributed by atoms with Gasteiger partial charge in [0.2, 0.25) is 5.91 Å². The van der Waals surface area contributed by atoms with Gasteiger partial charge >= 0.3 is 5.97 Å². The summed E-state index contributed by atoms with van der Waals surface area (Å²) in [7, 11) is 1.29. The fourth-order valence-electron chi connectivity index (χ4n) is 0.979. The largest absolute Gasteiger partial charge is 0.469 e. The standard InChI is InChI=1S/C7H10N2O3/c1-4-5(3-6(10)12-2)7(11)9-8-4/h5H,3H2,1-2H3,(H,9,11). The number of hydrogen-bond donors (Lipinski definition) is 1. The number of nitrogens with zero attached hydrogens (tertiary/aromatic N) is 1. The van der Waals surface area contributed by atoms with E-state index >= 15 is 0 Å². The topological polar surface area (TPSA) is 67.8 Å². The normalized spacial score (nSPS) is 21.7. The molecule has 1 rings (SSSR count). The summed E-state index contributed by atoms with van der Waals surface area (Å²) >= 11 is 0. The lowest BCUT2D eigenvalue weighted by atomic mass is 10.0. The molecule has 1 N–H and O–H groups in total. The Bertz CT molecular complexity index is 247. The van der Waals surface area contributed by atoms with E-state index in [9.17, 15) is 9.59 Å². The molecule has 0 saturated heterocycles. The molecule has 0 aromatic rings. The van der Waals surface area contributed by atoms with Crippen LogP contribution in [0, 0.1) is 5.92 Å². The van der Waals surface area contributed by atoms with E-state index in [4.69, 9.17) is 0 Å². The van der Waals surface area contributed by atoms with Crippen molar-refractivity contribution < 1.29 is 14.3 Å². The van der Waals surface area contributed by atoms with Crippen LogP contribution in [0.1, 0.15) is 13.3 Å². The molecule has 0 saturated carbocycles. The highest BCUT2D eigenvalue weighted by Crippen LogP contribution is 2.11. The lowest BCUT2D eigenvalue weighted by Gasteiger charge is -2.04. The third-order valence-electron chi connectivity index (χ3n) is 1.76. The third kappa shape index (κ3) is 1.61. The van der Waals surface area contributed by atoms with Crippen molar-refractivity contribution in [2.45, 2.75) is 13.3 Å². The molecule has 1 atom stereocenters. The summed E-state index contributed by atoms with van der Waals surface area (Å²) in [5.41, 5.74) is 2.92. The quantitative estimate of drug-likeness (QED) is 0.577. The first-order valence-electron chi connectivity index (χ1n) is 3.56. The average molecular weight is 170 g/mol. The molecule has 12 heavy (non-hydrogen) atoms. The number of methoxy groups -OCH3 is 1. The second-order valence-corrected chi connectivity index (χ2v) is 2.56. The molecule has 1 unspecified atom stereocenters. The highest BCUT2D eigenvalue weighted by molar-refractivity contribution is 6.08. The van der Waals surface area contributed by atoms with Gasteiger partial charge in [0.1, 0.15) is 0 Å². The highest BCUT2D eigenvalue weighted by Gasteiger charge is 2.29. The van der Waals surface area contributed by atoms with Crippen LogP contribution in [0.15, 0.2) is 5.10 Å². The monoisotopic (exact) mass is 170 g/mol. The Balaban J connectivity index is 2.57. The summed E-state index contributed by atoms with van der Waals surface area (Å²) in [4.78, 5) is 21.8. The minimum Gasteiger partial charge on any atom is -0.469 e. The molecule has 0 bridgehead atoms. The number of hydrazone groups is 1. The van der Waals surface area contributed by atoms with Gasteiger partial charge in [-0.3, -0.25) is 9.59 Å². The van der Waals surface area contributed by atoms with Crippen LogP contribution in [0.25, 0.3) is 0 Å². The molecule has 0 aromatic heterocycles. The van der Waals surface area contributed by atoms with Crippen LogP contribution in [0.5, 0.6) is 0 Å². The predicted octanol–water partition coefficient (Wildman–Crippen LogP) is -0.329. The minimum atomic E-state index is -0.447. The van der Waals surface area contributed by atoms with Gasteiger partial charge in [-0.2, -0.15) is 5.10 Å². The van der Waals surface area contributed by atoms with Crippen molar-refractivity contribution in [2.24, 2.45) is 11.0 Å². The molecule has 1 aliphatic rings. The summed E-state index contributed by atoms with van der Waals surface area (Å²) in [6, 6.07) is 0. The van der Waals surface area contributed by atoms with Crippen LogP contribution in [0.2, 0.25) is 0 Å². The van der Waals surface area contributed by atoms with E-state index in [1.807, 2.05) is 0 Å². The van der Waals surface area contributed by atoms with Crippen molar-refractivity contribution in [2.75, 3.05) is 7.11 Å². The van der Waals surface area contributed by atoms with Gasteiger partial charge in [-0.25, -0.2) is 5.43 Å². The van der Waals surface area contributed by atoms with Crippen LogP contribution in [-0.4, -0.2) is 24.7 Å². The molecular formula is C7H10N2O3. The Morgan fingerprint density at radius 1 is 1.75 bits per heavy atom. The van der Waals surface area contributed by atoms with E-state index in [-0.39, 0.29) is 12.3 Å². The van der Waals surface area contributed by atoms with Crippen molar-refractivity contribution >= 4 is 17.6 Å². The van der Waals surface area contributed by atoms with E-state index in [0.29, 0.717) is 5.71 Å². The van der Waals surface area contributed by atoms with Crippen LogP contribution in [0.4, 0.5) is 0 Å². The summed E-state index contributed by atoms with van der Waals surface area (Å²) in [5, 5.41) is 3.70. The van der Waals surface area contributed by atoms with E-state index in [2.05, 4.69) is 15.3 Å². The first kappa shape index (κ1) is 8.70. The number of amides is 1. The maximum absolute atomic E-state index is 11.0. The van der Waals surface area contributed by atoms with Crippen LogP contribution in [0.3, 0.4) is 0 Å². The number of esters is 1. The molecule has 1 aliphatic heterocycles. The first-order valence-corrected chi connectivity index (χ1v) is 3.56. The lowest BCUT2D eigenvalue weighted by Crippen LogP contribution is -2.25. The smallest absolute Gasteiger partial charge is 0.306 e. The van der Waals surface area contributed by atoms with Crippen molar-refractivity contribution in [1.29, 1.82) is 0 Å². The number of ether oxygens (including phenoxy) is 1. The van der Waals surface area contributed by atoms with Crippen molar-refractivity contribution in [3.63, 3.8) is 0 Å². The van der Waals surface area contributed by atoms with E-state index in [1.165, 1.54) is 7.11 Å². The van der Waals surface area contributed by atoms with Gasteiger partial charge in [-0.05, 0) is 6.92 Å². The zero-order valence-corrected chi connectivity index (χ0v) is 6.96. The number of hydrogen-bond acceptors (Lipinski definition) is 4. The van der Waals surface area contributed by atoms with Gasteiger partial charge in [0.25, 0.3) is 0 Å². The van der Waals surface area contributed by atoms with Crippen LogP contribution < -0.4 is 5.43 Å². The van der Waals surface area contributed by atoms with Gasteiger partial charge in [0.15, 0.2) is 0 Å².